The summed E-state index contributed by atoms with van der Waals surface area (Å²) in [6, 6.07) is 9.15. The largest absolute Gasteiger partial charge is 0.465 e. The summed E-state index contributed by atoms with van der Waals surface area (Å²) in [7, 11) is 0. The Balaban J connectivity index is 1.52. The van der Waals surface area contributed by atoms with E-state index in [1.54, 1.807) is 0 Å². The average Bonchev–Trinajstić information content (AvgIpc) is 3.12. The fraction of sp³-hybridized carbons (Fsp3) is 0.579. The molecule has 7 nitrogen and oxygen atoms in total. The van der Waals surface area contributed by atoms with Crippen molar-refractivity contribution in [3.8, 4) is 0 Å². The molecule has 2 aliphatic rings. The molecule has 2 fully saturated rings. The highest BCUT2D eigenvalue weighted by Crippen LogP contribution is 2.39. The van der Waals surface area contributed by atoms with Crippen molar-refractivity contribution in [3.63, 3.8) is 0 Å². The van der Waals surface area contributed by atoms with E-state index in [1.807, 2.05) is 51.1 Å². The fourth-order valence-electron chi connectivity index (χ4n) is 3.90. The van der Waals surface area contributed by atoms with Crippen molar-refractivity contribution in [1.29, 1.82) is 0 Å². The first kappa shape index (κ1) is 18.5. The molecule has 0 radical (unpaired) electrons. The van der Waals surface area contributed by atoms with Crippen LogP contribution in [0.3, 0.4) is 0 Å². The maximum atomic E-state index is 12.0. The normalized spacial score (nSPS) is 27.2. The molecule has 0 unspecified atom stereocenters. The number of nitrogens with one attached hydrogen (secondary N) is 1. The second-order valence-electron chi connectivity index (χ2n) is 7.89. The number of alkyl carbamates (subject to hydrolysis) is 1. The maximum Gasteiger partial charge on any atom is 0.408 e. The molecule has 3 rings (SSSR count). The van der Waals surface area contributed by atoms with E-state index in [0.29, 0.717) is 12.8 Å². The van der Waals surface area contributed by atoms with Crippen LogP contribution in [0.4, 0.5) is 9.59 Å². The zero-order chi connectivity index (χ0) is 18.9. The molecule has 2 aliphatic heterocycles. The SMILES string of the molecule is CC(C)(C)N(C(=O)O)[C@H]1C[C@H]2O[C@@H]1C[C@@H]2NC(=O)OCc1ccccc1. The molecule has 0 aromatic heterocycles. The molecule has 2 heterocycles. The summed E-state index contributed by atoms with van der Waals surface area (Å²) in [5.74, 6) is 0. The Hall–Kier alpha value is -2.28. The van der Waals surface area contributed by atoms with Gasteiger partial charge in [0, 0.05) is 5.54 Å². The summed E-state index contributed by atoms with van der Waals surface area (Å²) in [6.07, 6.45) is -0.621. The highest BCUT2D eigenvalue weighted by atomic mass is 16.6. The Bertz CT molecular complexity index is 658. The Morgan fingerprint density at radius 2 is 1.92 bits per heavy atom. The molecule has 1 aromatic carbocycles. The van der Waals surface area contributed by atoms with Gasteiger partial charge in [0.15, 0.2) is 0 Å². The predicted octanol–water partition coefficient (Wildman–Crippen LogP) is 2.99. The standard InChI is InChI=1S/C19H26N2O5/c1-19(2,3)21(18(23)24)14-10-15-13(9-16(14)26-15)20-17(22)25-11-12-7-5-4-6-8-12/h4-8,13-16H,9-11H2,1-3H3,(H,20,22)(H,23,24)/t13-,14-,15+,16+/m0/s1. The lowest BCUT2D eigenvalue weighted by Gasteiger charge is -2.41. The smallest absolute Gasteiger partial charge is 0.408 e. The van der Waals surface area contributed by atoms with E-state index in [0.717, 1.165) is 5.56 Å². The van der Waals surface area contributed by atoms with Gasteiger partial charge in [0.05, 0.1) is 24.3 Å². The van der Waals surface area contributed by atoms with E-state index < -0.39 is 17.7 Å². The number of hydrogen-bond acceptors (Lipinski definition) is 4. The number of carbonyl (C=O) groups excluding carboxylic acids is 1. The molecule has 0 aliphatic carbocycles. The molecule has 1 aromatic rings. The van der Waals surface area contributed by atoms with Crippen molar-refractivity contribution in [2.75, 3.05) is 0 Å². The van der Waals surface area contributed by atoms with Gasteiger partial charge in [-0.2, -0.15) is 0 Å². The van der Waals surface area contributed by atoms with Crippen molar-refractivity contribution in [2.24, 2.45) is 0 Å². The van der Waals surface area contributed by atoms with Crippen LogP contribution in [-0.4, -0.2) is 52.0 Å². The highest BCUT2D eigenvalue weighted by Gasteiger charge is 2.52. The van der Waals surface area contributed by atoms with Crippen LogP contribution < -0.4 is 5.32 Å². The minimum atomic E-state index is -0.939. The van der Waals surface area contributed by atoms with Crippen LogP contribution >= 0.6 is 0 Å². The zero-order valence-corrected chi connectivity index (χ0v) is 15.3. The second kappa shape index (κ2) is 7.15. The summed E-state index contributed by atoms with van der Waals surface area (Å²) in [5, 5.41) is 12.4. The lowest BCUT2D eigenvalue weighted by molar-refractivity contribution is 0.0321. The minimum Gasteiger partial charge on any atom is -0.465 e. The number of fused-ring (bicyclic) bond motifs is 2. The van der Waals surface area contributed by atoms with Gasteiger partial charge < -0.3 is 19.9 Å². The lowest BCUT2D eigenvalue weighted by Crippen LogP contribution is -2.56. The van der Waals surface area contributed by atoms with E-state index in [-0.39, 0.29) is 30.9 Å². The predicted molar refractivity (Wildman–Crippen MR) is 94.9 cm³/mol. The van der Waals surface area contributed by atoms with E-state index in [4.69, 9.17) is 9.47 Å². The first-order valence-electron chi connectivity index (χ1n) is 8.90. The van der Waals surface area contributed by atoms with Crippen LogP contribution in [0, 0.1) is 0 Å². The highest BCUT2D eigenvalue weighted by molar-refractivity contribution is 5.68. The van der Waals surface area contributed by atoms with E-state index in [2.05, 4.69) is 5.32 Å². The Kier molecular flexibility index (Phi) is 5.09. The third-order valence-electron chi connectivity index (χ3n) is 4.96. The lowest BCUT2D eigenvalue weighted by atomic mass is 9.88. The number of hydrogen-bond donors (Lipinski definition) is 2. The van der Waals surface area contributed by atoms with Crippen molar-refractivity contribution < 1.29 is 24.2 Å². The van der Waals surface area contributed by atoms with E-state index in [9.17, 15) is 14.7 Å². The molecule has 26 heavy (non-hydrogen) atoms. The zero-order valence-electron chi connectivity index (χ0n) is 15.3. The van der Waals surface area contributed by atoms with Crippen LogP contribution in [0.15, 0.2) is 30.3 Å². The summed E-state index contributed by atoms with van der Waals surface area (Å²) >= 11 is 0. The quantitative estimate of drug-likeness (QED) is 0.860. The van der Waals surface area contributed by atoms with Gasteiger partial charge in [-0.25, -0.2) is 9.59 Å². The molecular formula is C19H26N2O5. The van der Waals surface area contributed by atoms with Crippen LogP contribution in [0.25, 0.3) is 0 Å². The summed E-state index contributed by atoms with van der Waals surface area (Å²) in [5.41, 5.74) is 0.427. The molecule has 2 amide bonds. The van der Waals surface area contributed by atoms with E-state index in [1.165, 1.54) is 4.90 Å². The van der Waals surface area contributed by atoms with Crippen LogP contribution in [-0.2, 0) is 16.1 Å². The second-order valence-corrected chi connectivity index (χ2v) is 7.89. The van der Waals surface area contributed by atoms with Crippen LogP contribution in [0.5, 0.6) is 0 Å². The van der Waals surface area contributed by atoms with Crippen molar-refractivity contribution in [2.45, 2.75) is 70.1 Å². The van der Waals surface area contributed by atoms with E-state index >= 15 is 0 Å². The van der Waals surface area contributed by atoms with Gasteiger partial charge in [-0.3, -0.25) is 4.90 Å². The molecule has 0 saturated carbocycles. The fourth-order valence-corrected chi connectivity index (χ4v) is 3.90. The van der Waals surface area contributed by atoms with Crippen molar-refractivity contribution in [3.05, 3.63) is 35.9 Å². The maximum absolute atomic E-state index is 12.0. The number of amides is 2. The number of ether oxygens (including phenoxy) is 2. The minimum absolute atomic E-state index is 0.143. The molecule has 0 spiro atoms. The molecule has 2 bridgehead atoms. The molecule has 7 heteroatoms. The van der Waals surface area contributed by atoms with Gasteiger partial charge in [-0.15, -0.1) is 0 Å². The van der Waals surface area contributed by atoms with Crippen LogP contribution in [0.1, 0.15) is 39.2 Å². The third-order valence-corrected chi connectivity index (χ3v) is 4.96. The molecular weight excluding hydrogens is 336 g/mol. The summed E-state index contributed by atoms with van der Waals surface area (Å²) in [6.45, 7) is 5.85. The molecule has 4 atom stereocenters. The van der Waals surface area contributed by atoms with Gasteiger partial charge in [0.1, 0.15) is 6.61 Å². The average molecular weight is 362 g/mol. The Labute approximate surface area is 153 Å². The Morgan fingerprint density at radius 1 is 1.23 bits per heavy atom. The van der Waals surface area contributed by atoms with Gasteiger partial charge in [0.25, 0.3) is 0 Å². The number of benzene rings is 1. The van der Waals surface area contributed by atoms with Gasteiger partial charge in [-0.05, 0) is 39.2 Å². The summed E-state index contributed by atoms with van der Waals surface area (Å²) in [4.78, 5) is 25.2. The van der Waals surface area contributed by atoms with Gasteiger partial charge in [-0.1, -0.05) is 30.3 Å². The number of nitrogens with zero attached hydrogens (tertiary/aromatic N) is 1. The molecule has 2 saturated heterocycles. The number of carboxylic acid groups (broad SMARTS) is 1. The topological polar surface area (TPSA) is 88.1 Å². The van der Waals surface area contributed by atoms with Gasteiger partial charge >= 0.3 is 12.2 Å². The first-order chi connectivity index (χ1) is 12.3. The third kappa shape index (κ3) is 3.93. The molecule has 2 N–H and O–H groups in total. The van der Waals surface area contributed by atoms with Crippen LogP contribution in [0.2, 0.25) is 0 Å². The van der Waals surface area contributed by atoms with Crippen molar-refractivity contribution >= 4 is 12.2 Å². The molecule has 142 valence electrons. The monoisotopic (exact) mass is 362 g/mol. The van der Waals surface area contributed by atoms with Gasteiger partial charge in [0.2, 0.25) is 0 Å². The first-order valence-corrected chi connectivity index (χ1v) is 8.90. The number of carbonyl (C=O) groups is 2. The summed E-state index contributed by atoms with van der Waals surface area (Å²) < 4.78 is 11.2. The van der Waals surface area contributed by atoms with Crippen molar-refractivity contribution in [1.82, 2.24) is 10.2 Å². The Morgan fingerprint density at radius 3 is 2.46 bits per heavy atom. The number of rotatable bonds is 4.